The quantitative estimate of drug-likeness (QED) is 0.877. The van der Waals surface area contributed by atoms with E-state index in [4.69, 9.17) is 0 Å². The van der Waals surface area contributed by atoms with Gasteiger partial charge in [-0.3, -0.25) is 4.79 Å². The molecule has 4 heteroatoms. The van der Waals surface area contributed by atoms with E-state index in [1.807, 2.05) is 20.1 Å². The normalized spacial score (nSPS) is 12.6. The zero-order valence-electron chi connectivity index (χ0n) is 9.66. The number of carbonyl (C=O) groups excluding carboxylic acids is 1. The maximum absolute atomic E-state index is 13.3. The van der Waals surface area contributed by atoms with Crippen LogP contribution in [0.3, 0.4) is 0 Å². The van der Waals surface area contributed by atoms with Gasteiger partial charge in [0.1, 0.15) is 5.82 Å². The fraction of sp³-hybridized carbons (Fsp3) is 0.417. The second kappa shape index (κ2) is 5.89. The first-order valence-electron chi connectivity index (χ1n) is 5.14. The first-order chi connectivity index (χ1) is 7.56. The first kappa shape index (κ1) is 13.0. The summed E-state index contributed by atoms with van der Waals surface area (Å²) < 4.78 is 13.3. The van der Waals surface area contributed by atoms with Gasteiger partial charge in [-0.05, 0) is 24.3 Å². The molecule has 0 heterocycles. The summed E-state index contributed by atoms with van der Waals surface area (Å²) in [5, 5.41) is 2.45. The Bertz CT molecular complexity index is 368. The van der Waals surface area contributed by atoms with Crippen molar-refractivity contribution in [2.75, 3.05) is 11.6 Å². The number of thioether (sulfide) groups is 1. The third-order valence-electron chi connectivity index (χ3n) is 2.25. The van der Waals surface area contributed by atoms with Crippen molar-refractivity contribution in [3.63, 3.8) is 0 Å². The number of hydrogen-bond acceptors (Lipinski definition) is 2. The molecule has 16 heavy (non-hydrogen) atoms. The van der Waals surface area contributed by atoms with E-state index in [0.29, 0.717) is 0 Å². The van der Waals surface area contributed by atoms with E-state index < -0.39 is 5.82 Å². The third-order valence-corrected chi connectivity index (χ3v) is 3.52. The van der Waals surface area contributed by atoms with Crippen LogP contribution in [-0.4, -0.2) is 17.4 Å². The van der Waals surface area contributed by atoms with Crippen molar-refractivity contribution in [3.05, 3.63) is 30.1 Å². The number of carbonyl (C=O) groups is 1. The van der Waals surface area contributed by atoms with Crippen molar-refractivity contribution in [1.29, 1.82) is 0 Å². The second-order valence-electron chi connectivity index (χ2n) is 3.87. The largest absolute Gasteiger partial charge is 0.323 e. The molecule has 0 aromatic heterocycles. The summed E-state index contributed by atoms with van der Waals surface area (Å²) in [5.41, 5.74) is 0.243. The van der Waals surface area contributed by atoms with E-state index >= 15 is 0 Å². The summed E-state index contributed by atoms with van der Waals surface area (Å²) in [5.74, 6) is -0.325. The minimum Gasteiger partial charge on any atom is -0.323 e. The van der Waals surface area contributed by atoms with Gasteiger partial charge in [-0.1, -0.05) is 26.0 Å². The van der Waals surface area contributed by atoms with Crippen LogP contribution in [0.1, 0.15) is 13.8 Å². The average molecular weight is 241 g/mol. The van der Waals surface area contributed by atoms with Gasteiger partial charge < -0.3 is 5.32 Å². The van der Waals surface area contributed by atoms with Crippen molar-refractivity contribution in [2.45, 2.75) is 19.1 Å². The molecule has 2 nitrogen and oxygen atoms in total. The first-order valence-corrected chi connectivity index (χ1v) is 6.43. The van der Waals surface area contributed by atoms with Crippen LogP contribution in [0.5, 0.6) is 0 Å². The number of anilines is 1. The molecule has 0 saturated heterocycles. The Labute approximate surface area is 99.6 Å². The highest BCUT2D eigenvalue weighted by Crippen LogP contribution is 2.20. The van der Waals surface area contributed by atoms with Gasteiger partial charge in [0.2, 0.25) is 5.91 Å². The molecule has 0 aliphatic carbocycles. The third kappa shape index (κ3) is 3.23. The Hall–Kier alpha value is -1.03. The molecule has 0 aliphatic rings. The van der Waals surface area contributed by atoms with Crippen LogP contribution in [0.2, 0.25) is 0 Å². The van der Waals surface area contributed by atoms with E-state index in [1.165, 1.54) is 17.8 Å². The number of halogens is 1. The molecule has 1 amide bonds. The zero-order chi connectivity index (χ0) is 12.1. The second-order valence-corrected chi connectivity index (χ2v) is 4.85. The number of rotatable bonds is 4. The molecular weight excluding hydrogens is 225 g/mol. The summed E-state index contributed by atoms with van der Waals surface area (Å²) in [6.07, 6.45) is 1.88. The lowest BCUT2D eigenvalue weighted by molar-refractivity contribution is -0.116. The number of nitrogens with one attached hydrogen (secondary N) is 1. The van der Waals surface area contributed by atoms with E-state index in [1.54, 1.807) is 18.2 Å². The van der Waals surface area contributed by atoms with Gasteiger partial charge in [0, 0.05) is 0 Å². The average Bonchev–Trinajstić information content (AvgIpc) is 2.22. The molecule has 1 rings (SSSR count). The van der Waals surface area contributed by atoms with Crippen LogP contribution in [-0.2, 0) is 4.79 Å². The number of benzene rings is 1. The van der Waals surface area contributed by atoms with Crippen molar-refractivity contribution < 1.29 is 9.18 Å². The number of hydrogen-bond donors (Lipinski definition) is 1. The lowest BCUT2D eigenvalue weighted by atomic mass is 10.1. The SMILES string of the molecule is CS[C@H](C(=O)Nc1ccccc1F)C(C)C. The molecule has 0 saturated carbocycles. The predicted molar refractivity (Wildman–Crippen MR) is 67.2 cm³/mol. The fourth-order valence-corrected chi connectivity index (χ4v) is 2.27. The summed E-state index contributed by atoms with van der Waals surface area (Å²) in [6.45, 7) is 3.95. The van der Waals surface area contributed by atoms with Gasteiger partial charge in [0.15, 0.2) is 0 Å². The van der Waals surface area contributed by atoms with Gasteiger partial charge in [0.05, 0.1) is 10.9 Å². The van der Waals surface area contributed by atoms with Gasteiger partial charge in [-0.15, -0.1) is 0 Å². The van der Waals surface area contributed by atoms with Crippen LogP contribution in [0, 0.1) is 11.7 Å². The van der Waals surface area contributed by atoms with Gasteiger partial charge in [0.25, 0.3) is 0 Å². The van der Waals surface area contributed by atoms with Gasteiger partial charge >= 0.3 is 0 Å². The van der Waals surface area contributed by atoms with Crippen LogP contribution in [0.25, 0.3) is 0 Å². The molecule has 0 spiro atoms. The molecular formula is C12H16FNOS. The molecule has 0 unspecified atom stereocenters. The van der Waals surface area contributed by atoms with Crippen molar-refractivity contribution in [3.8, 4) is 0 Å². The fourth-order valence-electron chi connectivity index (χ4n) is 1.45. The highest BCUT2D eigenvalue weighted by Gasteiger charge is 2.21. The molecule has 88 valence electrons. The Morgan fingerprint density at radius 1 is 1.38 bits per heavy atom. The van der Waals surface area contributed by atoms with E-state index in [0.717, 1.165) is 0 Å². The highest BCUT2D eigenvalue weighted by atomic mass is 32.2. The number of amides is 1. The summed E-state index contributed by atoms with van der Waals surface area (Å²) >= 11 is 1.48. The Balaban J connectivity index is 2.74. The molecule has 1 aromatic rings. The topological polar surface area (TPSA) is 29.1 Å². The number of para-hydroxylation sites is 1. The molecule has 1 atom stereocenters. The minimum atomic E-state index is -0.403. The van der Waals surface area contributed by atoms with E-state index in [-0.39, 0.29) is 22.8 Å². The van der Waals surface area contributed by atoms with Crippen molar-refractivity contribution in [1.82, 2.24) is 0 Å². The van der Waals surface area contributed by atoms with Gasteiger partial charge in [-0.2, -0.15) is 11.8 Å². The van der Waals surface area contributed by atoms with Crippen LogP contribution >= 0.6 is 11.8 Å². The van der Waals surface area contributed by atoms with Crippen molar-refractivity contribution in [2.24, 2.45) is 5.92 Å². The molecule has 0 radical (unpaired) electrons. The van der Waals surface area contributed by atoms with Crippen LogP contribution in [0.4, 0.5) is 10.1 Å². The maximum atomic E-state index is 13.3. The molecule has 0 aliphatic heterocycles. The zero-order valence-corrected chi connectivity index (χ0v) is 10.5. The lowest BCUT2D eigenvalue weighted by Gasteiger charge is -2.18. The Morgan fingerprint density at radius 3 is 2.50 bits per heavy atom. The van der Waals surface area contributed by atoms with E-state index in [9.17, 15) is 9.18 Å². The molecule has 1 N–H and O–H groups in total. The highest BCUT2D eigenvalue weighted by molar-refractivity contribution is 7.99. The monoisotopic (exact) mass is 241 g/mol. The van der Waals surface area contributed by atoms with Crippen LogP contribution in [0.15, 0.2) is 24.3 Å². The standard InChI is InChI=1S/C12H16FNOS/c1-8(2)11(16-3)12(15)14-10-7-5-4-6-9(10)13/h4-8,11H,1-3H3,(H,14,15)/t11-/m0/s1. The maximum Gasteiger partial charge on any atom is 0.237 e. The summed E-state index contributed by atoms with van der Waals surface area (Å²) in [7, 11) is 0. The predicted octanol–water partition coefficient (Wildman–Crippen LogP) is 3.15. The molecule has 0 fully saturated rings. The summed E-state index contributed by atoms with van der Waals surface area (Å²) in [4.78, 5) is 11.8. The Kier molecular flexibility index (Phi) is 4.80. The summed E-state index contributed by atoms with van der Waals surface area (Å²) in [6, 6.07) is 6.19. The Morgan fingerprint density at radius 2 is 2.00 bits per heavy atom. The molecule has 0 bridgehead atoms. The van der Waals surface area contributed by atoms with E-state index in [2.05, 4.69) is 5.32 Å². The van der Waals surface area contributed by atoms with Crippen LogP contribution < -0.4 is 5.32 Å². The lowest BCUT2D eigenvalue weighted by Crippen LogP contribution is -2.29. The molecule has 1 aromatic carbocycles. The minimum absolute atomic E-state index is 0.146. The van der Waals surface area contributed by atoms with Gasteiger partial charge in [-0.25, -0.2) is 4.39 Å². The smallest absolute Gasteiger partial charge is 0.237 e. The van der Waals surface area contributed by atoms with Crippen molar-refractivity contribution >= 4 is 23.4 Å².